The van der Waals surface area contributed by atoms with Crippen LogP contribution >= 0.6 is 11.8 Å². The number of unbranched alkanes of at least 4 members (excludes halogenated alkanes) is 4. The molecule has 3 N–H and O–H groups in total. The van der Waals surface area contributed by atoms with Crippen LogP contribution in [0.3, 0.4) is 0 Å². The molecule has 2 aliphatic rings. The number of amidine groups is 1. The molecule has 4 atom stereocenters. The molecular formula is C20H30N2O3S. The number of thioether (sulfide) groups is 1. The van der Waals surface area contributed by atoms with Gasteiger partial charge in [-0.05, 0) is 24.8 Å². The van der Waals surface area contributed by atoms with Crippen molar-refractivity contribution in [3.63, 3.8) is 0 Å². The second kappa shape index (κ2) is 9.74. The van der Waals surface area contributed by atoms with Crippen molar-refractivity contribution in [2.45, 2.75) is 62.8 Å². The number of fused-ring (bicyclic) bond motifs is 1. The monoisotopic (exact) mass is 378 g/mol. The minimum Gasteiger partial charge on any atom is -0.394 e. The van der Waals surface area contributed by atoms with E-state index in [1.807, 2.05) is 4.90 Å². The molecule has 0 amide bonds. The number of aliphatic hydroxyl groups excluding tert-OH is 3. The number of rotatable bonds is 9. The lowest BCUT2D eigenvalue weighted by molar-refractivity contribution is 0.0206. The first-order valence-corrected chi connectivity index (χ1v) is 10.7. The van der Waals surface area contributed by atoms with E-state index in [4.69, 9.17) is 0 Å². The smallest absolute Gasteiger partial charge is 0.160 e. The standard InChI is InChI=1S/C20H30N2O3S/c23-13-16-18(24)19(25)17-14-26-20(22(16)17)21-12-8-3-1-2-5-9-15-10-6-4-7-11-15/h4,6-7,10-11,16-19,23-25H,1-3,5,8-9,12-14H2/t16-,17-,18-,19-/m0/s1. The number of hydrogen-bond donors (Lipinski definition) is 3. The summed E-state index contributed by atoms with van der Waals surface area (Å²) in [6, 6.07) is 10.1. The molecule has 2 saturated heterocycles. The lowest BCUT2D eigenvalue weighted by Crippen LogP contribution is -2.41. The summed E-state index contributed by atoms with van der Waals surface area (Å²) in [5, 5.41) is 30.5. The molecule has 1 aromatic rings. The summed E-state index contributed by atoms with van der Waals surface area (Å²) in [4.78, 5) is 6.60. The second-order valence-electron chi connectivity index (χ2n) is 7.18. The summed E-state index contributed by atoms with van der Waals surface area (Å²) >= 11 is 1.62. The van der Waals surface area contributed by atoms with Gasteiger partial charge in [0.05, 0.1) is 18.7 Å². The van der Waals surface area contributed by atoms with E-state index in [1.165, 1.54) is 31.2 Å². The predicted octanol–water partition coefficient (Wildman–Crippen LogP) is 2.05. The van der Waals surface area contributed by atoms with Gasteiger partial charge in [0, 0.05) is 12.3 Å². The Morgan fingerprint density at radius 1 is 1.00 bits per heavy atom. The average Bonchev–Trinajstić information content (AvgIpc) is 3.18. The molecular weight excluding hydrogens is 348 g/mol. The van der Waals surface area contributed by atoms with E-state index in [2.05, 4.69) is 35.3 Å². The highest BCUT2D eigenvalue weighted by molar-refractivity contribution is 8.14. The quantitative estimate of drug-likeness (QED) is 0.574. The predicted molar refractivity (Wildman–Crippen MR) is 107 cm³/mol. The zero-order valence-corrected chi connectivity index (χ0v) is 16.0. The van der Waals surface area contributed by atoms with Gasteiger partial charge < -0.3 is 20.2 Å². The zero-order valence-electron chi connectivity index (χ0n) is 15.2. The third-order valence-corrected chi connectivity index (χ3v) is 6.46. The van der Waals surface area contributed by atoms with Crippen molar-refractivity contribution in [3.05, 3.63) is 35.9 Å². The number of nitrogens with zero attached hydrogens (tertiary/aromatic N) is 2. The van der Waals surface area contributed by atoms with Gasteiger partial charge in [-0.1, -0.05) is 61.4 Å². The molecule has 1 aromatic carbocycles. The summed E-state index contributed by atoms with van der Waals surface area (Å²) < 4.78 is 0. The minimum absolute atomic E-state index is 0.121. The van der Waals surface area contributed by atoms with Crippen LogP contribution in [-0.2, 0) is 6.42 Å². The Labute approximate surface area is 160 Å². The topological polar surface area (TPSA) is 76.3 Å². The van der Waals surface area contributed by atoms with E-state index in [9.17, 15) is 15.3 Å². The first-order chi connectivity index (χ1) is 12.7. The van der Waals surface area contributed by atoms with Crippen LogP contribution in [0.2, 0.25) is 0 Å². The Morgan fingerprint density at radius 2 is 1.73 bits per heavy atom. The Kier molecular flexibility index (Phi) is 7.37. The number of hydrogen-bond acceptors (Lipinski definition) is 5. The van der Waals surface area contributed by atoms with Crippen molar-refractivity contribution in [3.8, 4) is 0 Å². The molecule has 0 saturated carbocycles. The van der Waals surface area contributed by atoms with Gasteiger partial charge in [0.1, 0.15) is 12.2 Å². The maximum atomic E-state index is 10.1. The van der Waals surface area contributed by atoms with Crippen LogP contribution < -0.4 is 0 Å². The molecule has 0 bridgehead atoms. The Balaban J connectivity index is 1.33. The van der Waals surface area contributed by atoms with Gasteiger partial charge in [-0.25, -0.2) is 0 Å². The third kappa shape index (κ3) is 4.60. The lowest BCUT2D eigenvalue weighted by Gasteiger charge is -2.24. The maximum Gasteiger partial charge on any atom is 0.160 e. The number of benzene rings is 1. The zero-order chi connectivity index (χ0) is 18.4. The summed E-state index contributed by atoms with van der Waals surface area (Å²) in [5.74, 6) is 0.729. The summed E-state index contributed by atoms with van der Waals surface area (Å²) in [5.41, 5.74) is 1.42. The van der Waals surface area contributed by atoms with Crippen LogP contribution in [0.4, 0.5) is 0 Å². The maximum absolute atomic E-state index is 10.1. The van der Waals surface area contributed by atoms with Gasteiger partial charge in [0.25, 0.3) is 0 Å². The van der Waals surface area contributed by atoms with E-state index >= 15 is 0 Å². The van der Waals surface area contributed by atoms with Crippen molar-refractivity contribution in [2.24, 2.45) is 4.99 Å². The Bertz CT molecular complexity index is 582. The number of aliphatic hydroxyl groups is 3. The summed E-state index contributed by atoms with van der Waals surface area (Å²) in [6.07, 6.45) is 5.42. The third-order valence-electron chi connectivity index (χ3n) is 5.36. The molecule has 0 aromatic heterocycles. The molecule has 0 unspecified atom stereocenters. The molecule has 0 spiro atoms. The van der Waals surface area contributed by atoms with E-state index in [1.54, 1.807) is 11.8 Å². The molecule has 0 radical (unpaired) electrons. The molecule has 26 heavy (non-hydrogen) atoms. The lowest BCUT2D eigenvalue weighted by atomic mass is 10.1. The van der Waals surface area contributed by atoms with Crippen molar-refractivity contribution >= 4 is 16.9 Å². The molecule has 5 nitrogen and oxygen atoms in total. The Morgan fingerprint density at radius 3 is 2.50 bits per heavy atom. The van der Waals surface area contributed by atoms with Crippen molar-refractivity contribution in [1.82, 2.24) is 4.90 Å². The number of aliphatic imine (C=N–C) groups is 1. The summed E-state index contributed by atoms with van der Waals surface area (Å²) in [6.45, 7) is 0.615. The minimum atomic E-state index is -0.888. The fourth-order valence-electron chi connectivity index (χ4n) is 3.84. The molecule has 0 aliphatic carbocycles. The molecule has 2 fully saturated rings. The summed E-state index contributed by atoms with van der Waals surface area (Å²) in [7, 11) is 0. The van der Waals surface area contributed by atoms with Gasteiger partial charge in [-0.15, -0.1) is 0 Å². The van der Waals surface area contributed by atoms with E-state index < -0.39 is 18.2 Å². The highest BCUT2D eigenvalue weighted by Crippen LogP contribution is 2.36. The number of aryl methyl sites for hydroxylation is 1. The van der Waals surface area contributed by atoms with E-state index in [0.717, 1.165) is 30.3 Å². The fraction of sp³-hybridized carbons (Fsp3) is 0.650. The highest BCUT2D eigenvalue weighted by atomic mass is 32.2. The van der Waals surface area contributed by atoms with Gasteiger partial charge >= 0.3 is 0 Å². The van der Waals surface area contributed by atoms with Crippen LogP contribution in [0.25, 0.3) is 0 Å². The highest BCUT2D eigenvalue weighted by Gasteiger charge is 2.51. The van der Waals surface area contributed by atoms with Gasteiger partial charge in [0.2, 0.25) is 0 Å². The first kappa shape index (κ1) is 19.7. The van der Waals surface area contributed by atoms with Crippen LogP contribution in [0.5, 0.6) is 0 Å². The van der Waals surface area contributed by atoms with Crippen LogP contribution in [0.1, 0.15) is 37.7 Å². The van der Waals surface area contributed by atoms with E-state index in [-0.39, 0.29) is 12.6 Å². The van der Waals surface area contributed by atoms with Crippen molar-refractivity contribution < 1.29 is 15.3 Å². The largest absolute Gasteiger partial charge is 0.394 e. The second-order valence-corrected chi connectivity index (χ2v) is 8.17. The molecule has 3 rings (SSSR count). The van der Waals surface area contributed by atoms with Crippen molar-refractivity contribution in [2.75, 3.05) is 18.9 Å². The van der Waals surface area contributed by atoms with Crippen molar-refractivity contribution in [1.29, 1.82) is 0 Å². The first-order valence-electron chi connectivity index (χ1n) is 9.69. The van der Waals surface area contributed by atoms with Crippen LogP contribution in [-0.4, -0.2) is 68.6 Å². The van der Waals surface area contributed by atoms with E-state index in [0.29, 0.717) is 0 Å². The average molecular weight is 379 g/mol. The molecule has 2 aliphatic heterocycles. The SMILES string of the molecule is OC[C@H]1[C@H](O)[C@@H](O)[C@@H]2CSC(=NCCCCCCCc3ccccc3)N12. The molecule has 144 valence electrons. The van der Waals surface area contributed by atoms with Gasteiger partial charge in [0.15, 0.2) is 5.17 Å². The van der Waals surface area contributed by atoms with Crippen LogP contribution in [0.15, 0.2) is 35.3 Å². The molecule has 6 heteroatoms. The van der Waals surface area contributed by atoms with Gasteiger partial charge in [-0.2, -0.15) is 0 Å². The van der Waals surface area contributed by atoms with Crippen LogP contribution in [0, 0.1) is 0 Å². The van der Waals surface area contributed by atoms with Gasteiger partial charge in [-0.3, -0.25) is 4.99 Å². The molecule has 2 heterocycles. The fourth-order valence-corrected chi connectivity index (χ4v) is 5.12. The Hall–Kier alpha value is -1.08. The normalized spacial score (nSPS) is 29.5.